The molecule has 1 aromatic rings. The van der Waals surface area contributed by atoms with Crippen molar-refractivity contribution in [2.75, 3.05) is 43.0 Å². The molecule has 1 fully saturated rings. The number of hydrogen-bond acceptors (Lipinski definition) is 5. The lowest BCUT2D eigenvalue weighted by Crippen LogP contribution is -2.41. The number of nitrogens with one attached hydrogen (secondary N) is 1. The van der Waals surface area contributed by atoms with E-state index in [1.807, 2.05) is 4.90 Å². The number of sulfone groups is 1. The second kappa shape index (κ2) is 7.40. The Morgan fingerprint density at radius 1 is 1.25 bits per heavy atom. The first kappa shape index (κ1) is 18.5. The third-order valence-electron chi connectivity index (χ3n) is 3.86. The maximum Gasteiger partial charge on any atom is 0.418 e. The molecule has 1 saturated heterocycles. The zero-order valence-electron chi connectivity index (χ0n) is 12.9. The minimum absolute atomic E-state index is 0.0394. The van der Waals surface area contributed by atoms with Gasteiger partial charge in [-0.2, -0.15) is 18.4 Å². The summed E-state index contributed by atoms with van der Waals surface area (Å²) in [5.41, 5.74) is -0.948. The van der Waals surface area contributed by atoms with Crippen LogP contribution in [-0.4, -0.2) is 51.0 Å². The summed E-state index contributed by atoms with van der Waals surface area (Å²) in [5, 5.41) is 11.5. The Morgan fingerprint density at radius 3 is 2.50 bits per heavy atom. The number of benzene rings is 1. The second-order valence-corrected chi connectivity index (χ2v) is 7.95. The van der Waals surface area contributed by atoms with Crippen LogP contribution in [0.1, 0.15) is 17.5 Å². The summed E-state index contributed by atoms with van der Waals surface area (Å²) in [6.45, 7) is 1.89. The van der Waals surface area contributed by atoms with Crippen molar-refractivity contribution in [3.63, 3.8) is 0 Å². The van der Waals surface area contributed by atoms with E-state index in [2.05, 4.69) is 5.32 Å². The highest BCUT2D eigenvalue weighted by Gasteiger charge is 2.33. The monoisotopic (exact) mass is 361 g/mol. The molecule has 0 atom stereocenters. The lowest BCUT2D eigenvalue weighted by Gasteiger charge is -2.26. The Hall–Kier alpha value is -1.79. The van der Waals surface area contributed by atoms with Crippen LogP contribution in [0.3, 0.4) is 0 Å². The van der Waals surface area contributed by atoms with Crippen molar-refractivity contribution in [2.24, 2.45) is 0 Å². The second-order valence-electron chi connectivity index (χ2n) is 5.64. The van der Waals surface area contributed by atoms with Crippen molar-refractivity contribution in [2.45, 2.75) is 12.6 Å². The first-order chi connectivity index (χ1) is 11.2. The van der Waals surface area contributed by atoms with E-state index in [-0.39, 0.29) is 22.8 Å². The molecular formula is C15H18F3N3O2S. The smallest absolute Gasteiger partial charge is 0.385 e. The van der Waals surface area contributed by atoms with E-state index in [1.165, 1.54) is 12.1 Å². The number of nitriles is 1. The summed E-state index contributed by atoms with van der Waals surface area (Å²) in [7, 11) is -2.93. The van der Waals surface area contributed by atoms with Gasteiger partial charge in [0.15, 0.2) is 9.84 Å². The van der Waals surface area contributed by atoms with E-state index in [1.54, 1.807) is 6.07 Å². The Labute approximate surface area is 139 Å². The zero-order chi connectivity index (χ0) is 17.8. The third-order valence-corrected chi connectivity index (χ3v) is 5.47. The van der Waals surface area contributed by atoms with Gasteiger partial charge in [-0.15, -0.1) is 0 Å². The van der Waals surface area contributed by atoms with Gasteiger partial charge in [0.2, 0.25) is 0 Å². The number of halogens is 3. The fourth-order valence-electron chi connectivity index (χ4n) is 2.50. The molecule has 0 spiro atoms. The largest absolute Gasteiger partial charge is 0.418 e. The van der Waals surface area contributed by atoms with Gasteiger partial charge in [0.25, 0.3) is 0 Å². The summed E-state index contributed by atoms with van der Waals surface area (Å²) >= 11 is 0. The van der Waals surface area contributed by atoms with Crippen molar-refractivity contribution < 1.29 is 21.6 Å². The predicted molar refractivity (Wildman–Crippen MR) is 84.4 cm³/mol. The topological polar surface area (TPSA) is 73.2 Å². The number of rotatable bonds is 5. The maximum absolute atomic E-state index is 13.0. The summed E-state index contributed by atoms with van der Waals surface area (Å²) in [6, 6.07) is 5.13. The van der Waals surface area contributed by atoms with E-state index in [4.69, 9.17) is 5.26 Å². The van der Waals surface area contributed by atoms with Crippen LogP contribution in [-0.2, 0) is 16.0 Å². The number of hydrogen-bond donors (Lipinski definition) is 1. The van der Waals surface area contributed by atoms with Crippen molar-refractivity contribution in [1.82, 2.24) is 4.90 Å². The summed E-state index contributed by atoms with van der Waals surface area (Å²) < 4.78 is 61.7. The molecule has 9 heteroatoms. The molecule has 0 amide bonds. The molecule has 1 aromatic carbocycles. The Kier molecular flexibility index (Phi) is 5.72. The van der Waals surface area contributed by atoms with Gasteiger partial charge < -0.3 is 10.2 Å². The molecule has 2 rings (SSSR count). The van der Waals surface area contributed by atoms with Crippen LogP contribution >= 0.6 is 0 Å². The van der Waals surface area contributed by atoms with Gasteiger partial charge in [-0.25, -0.2) is 8.42 Å². The van der Waals surface area contributed by atoms with Crippen molar-refractivity contribution in [3.8, 4) is 6.07 Å². The van der Waals surface area contributed by atoms with E-state index >= 15 is 0 Å². The average Bonchev–Trinajstić information content (AvgIpc) is 2.52. The summed E-state index contributed by atoms with van der Waals surface area (Å²) in [6.07, 6.45) is -3.94. The molecule has 1 aliphatic rings. The van der Waals surface area contributed by atoms with Crippen LogP contribution in [0.4, 0.5) is 18.9 Å². The molecule has 0 aromatic heterocycles. The molecule has 0 saturated carbocycles. The number of nitrogens with zero attached hydrogens (tertiary/aromatic N) is 2. The van der Waals surface area contributed by atoms with Crippen molar-refractivity contribution >= 4 is 15.5 Å². The molecular weight excluding hydrogens is 343 g/mol. The molecule has 0 aliphatic carbocycles. The summed E-state index contributed by atoms with van der Waals surface area (Å²) in [5.74, 6) is 0.266. The minimum Gasteiger partial charge on any atom is -0.385 e. The predicted octanol–water partition coefficient (Wildman–Crippen LogP) is 2.11. The quantitative estimate of drug-likeness (QED) is 0.813. The van der Waals surface area contributed by atoms with E-state index in [0.717, 1.165) is 6.07 Å². The van der Waals surface area contributed by atoms with Gasteiger partial charge in [-0.05, 0) is 31.2 Å². The lowest BCUT2D eigenvalue weighted by molar-refractivity contribution is -0.137. The Balaban J connectivity index is 1.88. The van der Waals surface area contributed by atoms with Crippen molar-refractivity contribution in [3.05, 3.63) is 29.3 Å². The normalized spacial score (nSPS) is 18.1. The van der Waals surface area contributed by atoms with E-state index < -0.39 is 21.6 Å². The molecule has 0 unspecified atom stereocenters. The highest BCUT2D eigenvalue weighted by atomic mass is 32.2. The van der Waals surface area contributed by atoms with Gasteiger partial charge in [0.05, 0.1) is 28.7 Å². The van der Waals surface area contributed by atoms with Crippen LogP contribution in [0, 0.1) is 11.3 Å². The maximum atomic E-state index is 13.0. The molecule has 5 nitrogen and oxygen atoms in total. The molecule has 1 aliphatic heterocycles. The standard InChI is InChI=1S/C15H18F3N3O2S/c16-15(17,18)13-10-12(11-19)2-3-14(13)20-4-1-5-21-6-8-24(22,23)9-7-21/h2-3,10,20H,1,4-9H2. The van der Waals surface area contributed by atoms with Crippen LogP contribution in [0.25, 0.3) is 0 Å². The Bertz CT molecular complexity index is 712. The SMILES string of the molecule is N#Cc1ccc(NCCCN2CCS(=O)(=O)CC2)c(C(F)(F)F)c1. The van der Waals surface area contributed by atoms with Gasteiger partial charge in [-0.3, -0.25) is 0 Å². The molecule has 24 heavy (non-hydrogen) atoms. The highest BCUT2D eigenvalue weighted by Crippen LogP contribution is 2.35. The lowest BCUT2D eigenvalue weighted by atomic mass is 10.1. The minimum atomic E-state index is -4.53. The molecule has 132 valence electrons. The third kappa shape index (κ3) is 5.11. The first-order valence-corrected chi connectivity index (χ1v) is 9.31. The molecule has 1 N–H and O–H groups in total. The van der Waals surface area contributed by atoms with Crippen LogP contribution < -0.4 is 5.32 Å². The number of alkyl halides is 3. The molecule has 0 bridgehead atoms. The van der Waals surface area contributed by atoms with Crippen molar-refractivity contribution in [1.29, 1.82) is 5.26 Å². The molecule has 0 radical (unpaired) electrons. The Morgan fingerprint density at radius 2 is 1.92 bits per heavy atom. The zero-order valence-corrected chi connectivity index (χ0v) is 13.8. The van der Waals surface area contributed by atoms with Gasteiger partial charge in [0.1, 0.15) is 0 Å². The van der Waals surface area contributed by atoms with Crippen LogP contribution in [0.15, 0.2) is 18.2 Å². The van der Waals surface area contributed by atoms with E-state index in [0.29, 0.717) is 32.6 Å². The van der Waals surface area contributed by atoms with Gasteiger partial charge >= 0.3 is 6.18 Å². The van der Waals surface area contributed by atoms with Gasteiger partial charge in [0, 0.05) is 25.3 Å². The fourth-order valence-corrected chi connectivity index (χ4v) is 3.78. The molecule has 1 heterocycles. The average molecular weight is 361 g/mol. The summed E-state index contributed by atoms with van der Waals surface area (Å²) in [4.78, 5) is 1.99. The number of anilines is 1. The van der Waals surface area contributed by atoms with E-state index in [9.17, 15) is 21.6 Å². The fraction of sp³-hybridized carbons (Fsp3) is 0.533. The van der Waals surface area contributed by atoms with Crippen LogP contribution in [0.2, 0.25) is 0 Å². The van der Waals surface area contributed by atoms with Crippen LogP contribution in [0.5, 0.6) is 0 Å². The van der Waals surface area contributed by atoms with Gasteiger partial charge in [-0.1, -0.05) is 0 Å². The first-order valence-electron chi connectivity index (χ1n) is 7.49. The highest BCUT2D eigenvalue weighted by molar-refractivity contribution is 7.91.